The van der Waals surface area contributed by atoms with Crippen molar-refractivity contribution >= 4 is 29.0 Å². The van der Waals surface area contributed by atoms with E-state index in [0.29, 0.717) is 0 Å². The van der Waals surface area contributed by atoms with Crippen molar-refractivity contribution in [2.45, 2.75) is 6.18 Å². The molecule has 0 aliphatic heterocycles. The Labute approximate surface area is 117 Å². The Morgan fingerprint density at radius 2 is 1.95 bits per heavy atom. The fourth-order valence-corrected chi connectivity index (χ4v) is 2.18. The number of hydrogen-bond donors (Lipinski definition) is 1. The van der Waals surface area contributed by atoms with Crippen molar-refractivity contribution in [2.75, 3.05) is 5.32 Å². The number of hydrogen-bond acceptors (Lipinski definition) is 2. The zero-order valence-corrected chi connectivity index (χ0v) is 11.0. The van der Waals surface area contributed by atoms with Gasteiger partial charge in [0, 0.05) is 6.08 Å². The predicted octanol–water partition coefficient (Wildman–Crippen LogP) is 4.42. The first-order chi connectivity index (χ1) is 9.47. The molecule has 1 aromatic heterocycles. The van der Waals surface area contributed by atoms with Crippen LogP contribution in [0, 0.1) is 0 Å². The van der Waals surface area contributed by atoms with Gasteiger partial charge in [-0.3, -0.25) is 4.79 Å². The summed E-state index contributed by atoms with van der Waals surface area (Å²) in [6.07, 6.45) is -1.75. The number of para-hydroxylation sites is 1. The molecular weight excluding hydrogens is 287 g/mol. The van der Waals surface area contributed by atoms with Gasteiger partial charge in [-0.2, -0.15) is 24.5 Å². The summed E-state index contributed by atoms with van der Waals surface area (Å²) in [5.74, 6) is -0.604. The van der Waals surface area contributed by atoms with Crippen LogP contribution in [0.5, 0.6) is 0 Å². The van der Waals surface area contributed by atoms with Gasteiger partial charge in [-0.1, -0.05) is 12.1 Å². The van der Waals surface area contributed by atoms with E-state index in [0.717, 1.165) is 11.6 Å². The quantitative estimate of drug-likeness (QED) is 0.835. The molecule has 0 bridgehead atoms. The number of carbonyl (C=O) groups excluding carboxylic acids is 1. The maximum absolute atomic E-state index is 12.7. The third-order valence-electron chi connectivity index (χ3n) is 2.46. The van der Waals surface area contributed by atoms with E-state index in [1.165, 1.54) is 35.6 Å². The molecule has 1 N–H and O–H groups in total. The van der Waals surface area contributed by atoms with Crippen molar-refractivity contribution in [3.8, 4) is 0 Å². The van der Waals surface area contributed by atoms with Crippen LogP contribution in [0.2, 0.25) is 0 Å². The van der Waals surface area contributed by atoms with Crippen LogP contribution in [-0.4, -0.2) is 5.91 Å². The van der Waals surface area contributed by atoms with Crippen LogP contribution in [0.4, 0.5) is 18.9 Å². The van der Waals surface area contributed by atoms with Crippen LogP contribution in [0.3, 0.4) is 0 Å². The molecule has 2 rings (SSSR count). The fraction of sp³-hybridized carbons (Fsp3) is 0.0714. The zero-order valence-electron chi connectivity index (χ0n) is 10.1. The summed E-state index contributed by atoms with van der Waals surface area (Å²) in [6.45, 7) is 0. The Kier molecular flexibility index (Phi) is 4.24. The number of halogens is 3. The van der Waals surface area contributed by atoms with Crippen LogP contribution < -0.4 is 5.32 Å². The predicted molar refractivity (Wildman–Crippen MR) is 73.4 cm³/mol. The van der Waals surface area contributed by atoms with E-state index in [1.54, 1.807) is 12.1 Å². The Balaban J connectivity index is 2.12. The van der Waals surface area contributed by atoms with Crippen LogP contribution in [0.1, 0.15) is 11.1 Å². The van der Waals surface area contributed by atoms with E-state index in [-0.39, 0.29) is 5.69 Å². The molecule has 0 aliphatic rings. The van der Waals surface area contributed by atoms with E-state index in [4.69, 9.17) is 0 Å². The number of alkyl halides is 3. The second kappa shape index (κ2) is 5.92. The molecule has 20 heavy (non-hydrogen) atoms. The van der Waals surface area contributed by atoms with Gasteiger partial charge in [0.05, 0.1) is 11.3 Å². The van der Waals surface area contributed by atoms with Crippen molar-refractivity contribution in [2.24, 2.45) is 0 Å². The van der Waals surface area contributed by atoms with Crippen molar-refractivity contribution < 1.29 is 18.0 Å². The molecule has 1 aromatic carbocycles. The van der Waals surface area contributed by atoms with Crippen LogP contribution in [0.25, 0.3) is 6.08 Å². The normalized spacial score (nSPS) is 11.8. The monoisotopic (exact) mass is 297 g/mol. The lowest BCUT2D eigenvalue weighted by Crippen LogP contribution is -2.14. The van der Waals surface area contributed by atoms with Gasteiger partial charge in [-0.15, -0.1) is 0 Å². The third kappa shape index (κ3) is 3.71. The van der Waals surface area contributed by atoms with Crippen LogP contribution in [-0.2, 0) is 11.0 Å². The highest BCUT2D eigenvalue weighted by molar-refractivity contribution is 7.08. The lowest BCUT2D eigenvalue weighted by atomic mass is 10.1. The van der Waals surface area contributed by atoms with Crippen LogP contribution in [0.15, 0.2) is 47.2 Å². The highest BCUT2D eigenvalue weighted by Gasteiger charge is 2.33. The minimum Gasteiger partial charge on any atom is -0.322 e. The molecule has 6 heteroatoms. The van der Waals surface area contributed by atoms with Gasteiger partial charge in [0.25, 0.3) is 0 Å². The molecule has 104 valence electrons. The van der Waals surface area contributed by atoms with Crippen molar-refractivity contribution in [1.29, 1.82) is 0 Å². The molecule has 2 nitrogen and oxygen atoms in total. The molecule has 0 fully saturated rings. The lowest BCUT2D eigenvalue weighted by Gasteiger charge is -2.12. The van der Waals surface area contributed by atoms with E-state index < -0.39 is 17.6 Å². The molecular formula is C14H10F3NOS. The Hall–Kier alpha value is -2.08. The first kappa shape index (κ1) is 14.3. The van der Waals surface area contributed by atoms with Crippen LogP contribution >= 0.6 is 11.3 Å². The number of rotatable bonds is 3. The highest BCUT2D eigenvalue weighted by atomic mass is 32.1. The minimum atomic E-state index is -4.50. The van der Waals surface area contributed by atoms with E-state index in [9.17, 15) is 18.0 Å². The Bertz CT molecular complexity index is 618. The molecule has 0 aliphatic carbocycles. The summed E-state index contributed by atoms with van der Waals surface area (Å²) in [4.78, 5) is 11.6. The summed E-state index contributed by atoms with van der Waals surface area (Å²) < 4.78 is 38.2. The summed E-state index contributed by atoms with van der Waals surface area (Å²) in [7, 11) is 0. The molecule has 2 aromatic rings. The SMILES string of the molecule is O=C(/C=C/c1ccsc1)Nc1ccccc1C(F)(F)F. The number of anilines is 1. The maximum Gasteiger partial charge on any atom is 0.418 e. The van der Waals surface area contributed by atoms with Gasteiger partial charge >= 0.3 is 6.18 Å². The summed E-state index contributed by atoms with van der Waals surface area (Å²) >= 11 is 1.47. The first-order valence-electron chi connectivity index (χ1n) is 5.64. The smallest absolute Gasteiger partial charge is 0.322 e. The molecule has 1 heterocycles. The average molecular weight is 297 g/mol. The maximum atomic E-state index is 12.7. The molecule has 0 saturated heterocycles. The van der Waals surface area contributed by atoms with Crippen molar-refractivity contribution in [1.82, 2.24) is 0 Å². The molecule has 0 unspecified atom stereocenters. The lowest BCUT2D eigenvalue weighted by molar-refractivity contribution is -0.136. The Morgan fingerprint density at radius 3 is 2.60 bits per heavy atom. The van der Waals surface area contributed by atoms with Gasteiger partial charge < -0.3 is 5.32 Å². The largest absolute Gasteiger partial charge is 0.418 e. The van der Waals surface area contributed by atoms with E-state index in [2.05, 4.69) is 5.32 Å². The van der Waals surface area contributed by atoms with Crippen molar-refractivity contribution in [3.63, 3.8) is 0 Å². The second-order valence-electron chi connectivity index (χ2n) is 3.92. The average Bonchev–Trinajstić information content (AvgIpc) is 2.89. The number of amides is 1. The van der Waals surface area contributed by atoms with Gasteiger partial charge in [0.15, 0.2) is 0 Å². The second-order valence-corrected chi connectivity index (χ2v) is 4.70. The van der Waals surface area contributed by atoms with Gasteiger partial charge in [-0.05, 0) is 40.6 Å². The topological polar surface area (TPSA) is 29.1 Å². The molecule has 0 atom stereocenters. The van der Waals surface area contributed by atoms with Gasteiger partial charge in [0.1, 0.15) is 0 Å². The van der Waals surface area contributed by atoms with E-state index in [1.807, 2.05) is 10.8 Å². The summed E-state index contributed by atoms with van der Waals surface area (Å²) in [6, 6.07) is 6.67. The Morgan fingerprint density at radius 1 is 1.20 bits per heavy atom. The summed E-state index contributed by atoms with van der Waals surface area (Å²) in [5, 5.41) is 5.91. The molecule has 0 saturated carbocycles. The fourth-order valence-electron chi connectivity index (χ4n) is 1.56. The number of carbonyl (C=O) groups is 1. The van der Waals surface area contributed by atoms with Gasteiger partial charge in [-0.25, -0.2) is 0 Å². The zero-order chi connectivity index (χ0) is 14.6. The standard InChI is InChI=1S/C14H10F3NOS/c15-14(16,17)11-3-1-2-4-12(11)18-13(19)6-5-10-7-8-20-9-10/h1-9H,(H,18,19)/b6-5+. The van der Waals surface area contributed by atoms with Gasteiger partial charge in [0.2, 0.25) is 5.91 Å². The highest BCUT2D eigenvalue weighted by Crippen LogP contribution is 2.34. The molecule has 1 amide bonds. The number of thiophene rings is 1. The van der Waals surface area contributed by atoms with E-state index >= 15 is 0 Å². The number of nitrogens with one attached hydrogen (secondary N) is 1. The van der Waals surface area contributed by atoms with Crippen molar-refractivity contribution in [3.05, 3.63) is 58.3 Å². The first-order valence-corrected chi connectivity index (χ1v) is 6.58. The summed E-state index contributed by atoms with van der Waals surface area (Å²) in [5.41, 5.74) is -0.286. The minimum absolute atomic E-state index is 0.250. The molecule has 0 radical (unpaired) electrons. The third-order valence-corrected chi connectivity index (χ3v) is 3.16. The molecule has 0 spiro atoms. The number of benzene rings is 1.